The molecule has 1 aliphatic rings. The van der Waals surface area contributed by atoms with Crippen molar-refractivity contribution in [2.45, 2.75) is 38.9 Å². The zero-order chi connectivity index (χ0) is 16.5. The highest BCUT2D eigenvalue weighted by molar-refractivity contribution is 6.55. The highest BCUT2D eigenvalue weighted by atomic mass is 16.7. The van der Waals surface area contributed by atoms with Crippen LogP contribution in [0.15, 0.2) is 17.7 Å². The number of pyridine rings is 1. The quantitative estimate of drug-likeness (QED) is 0.822. The van der Waals surface area contributed by atoms with Gasteiger partial charge in [0.15, 0.2) is 0 Å². The molecule has 0 unspecified atom stereocenters. The highest BCUT2D eigenvalue weighted by Gasteiger charge is 2.52. The van der Waals surface area contributed by atoms with Crippen molar-refractivity contribution in [3.8, 4) is 5.88 Å². The number of anilines is 1. The lowest BCUT2D eigenvalue weighted by Crippen LogP contribution is -2.41. The van der Waals surface area contributed by atoms with Gasteiger partial charge in [-0.2, -0.15) is 0 Å². The van der Waals surface area contributed by atoms with Crippen LogP contribution < -0.4 is 16.2 Å². The molecule has 2 heterocycles. The summed E-state index contributed by atoms with van der Waals surface area (Å²) in [4.78, 5) is 4.15. The molecule has 1 aromatic rings. The van der Waals surface area contributed by atoms with Crippen molar-refractivity contribution in [3.63, 3.8) is 0 Å². The number of hydrogen-bond acceptors (Lipinski definition) is 6. The van der Waals surface area contributed by atoms with Gasteiger partial charge in [-0.3, -0.25) is 0 Å². The Kier molecular flexibility index (Phi) is 4.51. The molecule has 0 bridgehead atoms. The Morgan fingerprint density at radius 1 is 1.32 bits per heavy atom. The number of rotatable bonds is 4. The summed E-state index contributed by atoms with van der Waals surface area (Å²) in [6.07, 6.45) is 3.41. The first kappa shape index (κ1) is 16.8. The molecule has 2 rings (SSSR count). The van der Waals surface area contributed by atoms with Crippen LogP contribution in [0.5, 0.6) is 5.88 Å². The molecule has 1 saturated heterocycles. The SMILES string of the molecule is COc1ncc(N)cc1C=C(CN)B1OC(C)(C)C(C)(C)O1. The Hall–Kier alpha value is -1.57. The van der Waals surface area contributed by atoms with Crippen molar-refractivity contribution in [2.24, 2.45) is 5.73 Å². The number of hydrogen-bond donors (Lipinski definition) is 2. The molecule has 22 heavy (non-hydrogen) atoms. The predicted molar refractivity (Wildman–Crippen MR) is 88.3 cm³/mol. The average molecular weight is 305 g/mol. The smallest absolute Gasteiger partial charge is 0.481 e. The fourth-order valence-corrected chi connectivity index (χ4v) is 2.18. The summed E-state index contributed by atoms with van der Waals surface area (Å²) in [6, 6.07) is 1.78. The fourth-order valence-electron chi connectivity index (χ4n) is 2.18. The van der Waals surface area contributed by atoms with Gasteiger partial charge in [0, 0.05) is 12.1 Å². The van der Waals surface area contributed by atoms with E-state index in [0.29, 0.717) is 18.1 Å². The van der Waals surface area contributed by atoms with Gasteiger partial charge in [0.2, 0.25) is 5.88 Å². The van der Waals surface area contributed by atoms with Gasteiger partial charge in [0.1, 0.15) is 0 Å². The molecule has 1 fully saturated rings. The van der Waals surface area contributed by atoms with Crippen LogP contribution in [0.25, 0.3) is 6.08 Å². The first-order valence-corrected chi connectivity index (χ1v) is 7.26. The van der Waals surface area contributed by atoms with E-state index < -0.39 is 18.3 Å². The normalized spacial score (nSPS) is 20.3. The van der Waals surface area contributed by atoms with Crippen molar-refractivity contribution in [1.29, 1.82) is 0 Å². The lowest BCUT2D eigenvalue weighted by Gasteiger charge is -2.32. The molecule has 0 aromatic carbocycles. The maximum absolute atomic E-state index is 6.03. The lowest BCUT2D eigenvalue weighted by atomic mass is 9.77. The van der Waals surface area contributed by atoms with Gasteiger partial charge < -0.3 is 25.5 Å². The van der Waals surface area contributed by atoms with E-state index >= 15 is 0 Å². The minimum Gasteiger partial charge on any atom is -0.481 e. The second-order valence-corrected chi connectivity index (χ2v) is 6.38. The van der Waals surface area contributed by atoms with Crippen LogP contribution in [-0.2, 0) is 9.31 Å². The van der Waals surface area contributed by atoms with Crippen molar-refractivity contribution in [3.05, 3.63) is 23.3 Å². The van der Waals surface area contributed by atoms with Gasteiger partial charge in [-0.15, -0.1) is 0 Å². The Morgan fingerprint density at radius 3 is 2.41 bits per heavy atom. The summed E-state index contributed by atoms with van der Waals surface area (Å²) < 4.78 is 17.3. The number of nitrogens with zero attached hydrogens (tertiary/aromatic N) is 1. The zero-order valence-corrected chi connectivity index (χ0v) is 13.8. The molecule has 1 aromatic heterocycles. The van der Waals surface area contributed by atoms with Gasteiger partial charge in [-0.1, -0.05) is 6.08 Å². The fraction of sp³-hybridized carbons (Fsp3) is 0.533. The average Bonchev–Trinajstić information content (AvgIpc) is 2.64. The van der Waals surface area contributed by atoms with E-state index in [0.717, 1.165) is 11.0 Å². The van der Waals surface area contributed by atoms with Crippen LogP contribution in [0.3, 0.4) is 0 Å². The van der Waals surface area contributed by atoms with E-state index in [1.807, 2.05) is 33.8 Å². The number of aromatic nitrogens is 1. The minimum atomic E-state index is -0.499. The van der Waals surface area contributed by atoms with Crippen molar-refractivity contribution in [2.75, 3.05) is 19.4 Å². The van der Waals surface area contributed by atoms with E-state index in [1.54, 1.807) is 19.4 Å². The van der Waals surface area contributed by atoms with Crippen LogP contribution in [0, 0.1) is 0 Å². The van der Waals surface area contributed by atoms with Gasteiger partial charge >= 0.3 is 7.12 Å². The molecular weight excluding hydrogens is 281 g/mol. The van der Waals surface area contributed by atoms with E-state index in [1.165, 1.54) is 0 Å². The third-order valence-electron chi connectivity index (χ3n) is 4.23. The van der Waals surface area contributed by atoms with E-state index in [2.05, 4.69) is 4.98 Å². The Balaban J connectivity index is 2.35. The molecule has 0 spiro atoms. The van der Waals surface area contributed by atoms with Crippen molar-refractivity contribution < 1.29 is 14.0 Å². The Bertz CT molecular complexity index is 571. The van der Waals surface area contributed by atoms with Gasteiger partial charge in [0.25, 0.3) is 0 Å². The molecule has 0 saturated carbocycles. The molecular formula is C15H24BN3O3. The summed E-state index contributed by atoms with van der Waals surface area (Å²) >= 11 is 0. The van der Waals surface area contributed by atoms with Crippen LogP contribution in [-0.4, -0.2) is 37.0 Å². The number of nitrogen functional groups attached to an aromatic ring is 1. The molecule has 4 N–H and O–H groups in total. The van der Waals surface area contributed by atoms with E-state index in [9.17, 15) is 0 Å². The first-order chi connectivity index (χ1) is 10.2. The third-order valence-corrected chi connectivity index (χ3v) is 4.23. The van der Waals surface area contributed by atoms with Crippen LogP contribution in [0.1, 0.15) is 33.3 Å². The summed E-state index contributed by atoms with van der Waals surface area (Å²) in [6.45, 7) is 8.32. The van der Waals surface area contributed by atoms with Crippen LogP contribution >= 0.6 is 0 Å². The van der Waals surface area contributed by atoms with Gasteiger partial charge in [-0.05, 0) is 39.2 Å². The summed E-state index contributed by atoms with van der Waals surface area (Å²) in [5, 5.41) is 0. The summed E-state index contributed by atoms with van der Waals surface area (Å²) in [5.74, 6) is 0.483. The second kappa shape index (κ2) is 5.91. The molecule has 0 amide bonds. The predicted octanol–water partition coefficient (Wildman–Crippen LogP) is 1.65. The largest absolute Gasteiger partial charge is 0.491 e. The van der Waals surface area contributed by atoms with E-state index in [4.69, 9.17) is 25.5 Å². The molecule has 6 nitrogen and oxygen atoms in total. The number of methoxy groups -OCH3 is 1. The lowest BCUT2D eigenvalue weighted by molar-refractivity contribution is 0.00578. The molecule has 0 aliphatic carbocycles. The molecule has 120 valence electrons. The monoisotopic (exact) mass is 305 g/mol. The van der Waals surface area contributed by atoms with Crippen LogP contribution in [0.2, 0.25) is 0 Å². The summed E-state index contributed by atoms with van der Waals surface area (Å²) in [5.41, 5.74) is 13.0. The standard InChI is InChI=1S/C15H24BN3O3/c1-14(2)15(3,4)22-16(21-14)11(8-17)6-10-7-12(18)9-19-13(10)20-5/h6-7,9H,8,17-18H2,1-5H3. The number of nitrogens with two attached hydrogens (primary N) is 2. The van der Waals surface area contributed by atoms with Gasteiger partial charge in [-0.25, -0.2) is 4.98 Å². The molecule has 1 aliphatic heterocycles. The highest BCUT2D eigenvalue weighted by Crippen LogP contribution is 2.38. The first-order valence-electron chi connectivity index (χ1n) is 7.26. The van der Waals surface area contributed by atoms with Gasteiger partial charge in [0.05, 0.1) is 30.2 Å². The Labute approximate surface area is 132 Å². The molecule has 7 heteroatoms. The van der Waals surface area contributed by atoms with E-state index in [-0.39, 0.29) is 0 Å². The second-order valence-electron chi connectivity index (χ2n) is 6.38. The topological polar surface area (TPSA) is 92.6 Å². The Morgan fingerprint density at radius 2 is 1.91 bits per heavy atom. The van der Waals surface area contributed by atoms with Crippen molar-refractivity contribution >= 4 is 18.9 Å². The zero-order valence-electron chi connectivity index (χ0n) is 13.8. The molecule has 0 radical (unpaired) electrons. The summed E-state index contributed by atoms with van der Waals surface area (Å²) in [7, 11) is 1.06. The van der Waals surface area contributed by atoms with Crippen LogP contribution in [0.4, 0.5) is 5.69 Å². The molecule has 0 atom stereocenters. The number of ether oxygens (including phenoxy) is 1. The third kappa shape index (κ3) is 3.11. The maximum Gasteiger partial charge on any atom is 0.491 e. The maximum atomic E-state index is 6.03. The van der Waals surface area contributed by atoms with Crippen molar-refractivity contribution in [1.82, 2.24) is 4.98 Å². The minimum absolute atomic E-state index is 0.300.